The van der Waals surface area contributed by atoms with E-state index in [9.17, 15) is 4.79 Å². The van der Waals surface area contributed by atoms with Crippen LogP contribution in [-0.2, 0) is 14.9 Å². The van der Waals surface area contributed by atoms with Gasteiger partial charge in [-0.05, 0) is 36.1 Å². The van der Waals surface area contributed by atoms with Gasteiger partial charge in [-0.3, -0.25) is 14.8 Å². The molecule has 1 aliphatic carbocycles. The average Bonchev–Trinajstić information content (AvgIpc) is 2.84. The molecule has 2 aromatic heterocycles. The lowest BCUT2D eigenvalue weighted by Crippen LogP contribution is -2.26. The molecule has 0 radical (unpaired) electrons. The van der Waals surface area contributed by atoms with Crippen LogP contribution < -0.4 is 0 Å². The maximum atomic E-state index is 11.7. The van der Waals surface area contributed by atoms with Crippen LogP contribution in [0.1, 0.15) is 43.7 Å². The molecule has 0 N–H and O–H groups in total. The van der Waals surface area contributed by atoms with Gasteiger partial charge in [0.15, 0.2) is 0 Å². The molecule has 0 atom stereocenters. The molecule has 22 heavy (non-hydrogen) atoms. The summed E-state index contributed by atoms with van der Waals surface area (Å²) < 4.78 is 4.84. The molecule has 4 nitrogen and oxygen atoms in total. The SMILES string of the molecule is CCCC1(CCC(=O)OC)c2cccnc2-c2ncccc21. The van der Waals surface area contributed by atoms with E-state index in [2.05, 4.69) is 29.0 Å². The number of hydrogen-bond acceptors (Lipinski definition) is 4. The van der Waals surface area contributed by atoms with Crippen molar-refractivity contribution in [3.8, 4) is 11.4 Å². The Bertz CT molecular complexity index is 651. The number of fused-ring (bicyclic) bond motifs is 3. The second kappa shape index (κ2) is 5.87. The smallest absolute Gasteiger partial charge is 0.305 e. The van der Waals surface area contributed by atoms with Crippen LogP contribution in [0.4, 0.5) is 0 Å². The lowest BCUT2D eigenvalue weighted by molar-refractivity contribution is -0.141. The number of esters is 1. The van der Waals surface area contributed by atoms with Crippen molar-refractivity contribution in [1.29, 1.82) is 0 Å². The summed E-state index contributed by atoms with van der Waals surface area (Å²) in [4.78, 5) is 20.8. The highest BCUT2D eigenvalue weighted by Crippen LogP contribution is 2.51. The molecular weight excluding hydrogens is 276 g/mol. The van der Waals surface area contributed by atoms with Crippen molar-refractivity contribution in [2.24, 2.45) is 0 Å². The normalized spacial score (nSPS) is 14.3. The van der Waals surface area contributed by atoms with Gasteiger partial charge in [-0.1, -0.05) is 25.5 Å². The highest BCUT2D eigenvalue weighted by atomic mass is 16.5. The fourth-order valence-electron chi connectivity index (χ4n) is 3.61. The van der Waals surface area contributed by atoms with E-state index >= 15 is 0 Å². The van der Waals surface area contributed by atoms with E-state index in [-0.39, 0.29) is 11.4 Å². The zero-order valence-electron chi connectivity index (χ0n) is 13.0. The van der Waals surface area contributed by atoms with Crippen molar-refractivity contribution in [3.63, 3.8) is 0 Å². The average molecular weight is 296 g/mol. The molecule has 0 aliphatic heterocycles. The molecule has 0 saturated heterocycles. The van der Waals surface area contributed by atoms with Crippen LogP contribution in [0.5, 0.6) is 0 Å². The predicted molar refractivity (Wildman–Crippen MR) is 84.4 cm³/mol. The summed E-state index contributed by atoms with van der Waals surface area (Å²) in [5, 5.41) is 0. The van der Waals surface area contributed by atoms with Gasteiger partial charge in [-0.2, -0.15) is 0 Å². The van der Waals surface area contributed by atoms with E-state index in [0.29, 0.717) is 6.42 Å². The second-order valence-corrected chi connectivity index (χ2v) is 5.71. The van der Waals surface area contributed by atoms with Crippen molar-refractivity contribution in [3.05, 3.63) is 47.8 Å². The summed E-state index contributed by atoms with van der Waals surface area (Å²) in [7, 11) is 1.44. The highest BCUT2D eigenvalue weighted by Gasteiger charge is 2.43. The predicted octanol–water partition coefficient (Wildman–Crippen LogP) is 3.50. The van der Waals surface area contributed by atoms with Crippen LogP contribution in [0.15, 0.2) is 36.7 Å². The summed E-state index contributed by atoms with van der Waals surface area (Å²) in [6.45, 7) is 2.17. The number of nitrogens with zero attached hydrogens (tertiary/aromatic N) is 2. The first kappa shape index (κ1) is 14.7. The summed E-state index contributed by atoms with van der Waals surface area (Å²) in [6.07, 6.45) is 6.74. The quantitative estimate of drug-likeness (QED) is 0.792. The lowest BCUT2D eigenvalue weighted by Gasteiger charge is -2.31. The Morgan fingerprint density at radius 1 is 1.09 bits per heavy atom. The van der Waals surface area contributed by atoms with E-state index in [1.54, 1.807) is 12.4 Å². The third-order valence-corrected chi connectivity index (χ3v) is 4.53. The first-order chi connectivity index (χ1) is 10.7. The fraction of sp³-hybridized carbons (Fsp3) is 0.389. The number of ether oxygens (including phenoxy) is 1. The Hall–Kier alpha value is -2.23. The van der Waals surface area contributed by atoms with Gasteiger partial charge in [-0.15, -0.1) is 0 Å². The molecule has 2 aromatic rings. The molecule has 0 saturated carbocycles. The maximum absolute atomic E-state index is 11.7. The highest BCUT2D eigenvalue weighted by molar-refractivity contribution is 5.76. The van der Waals surface area contributed by atoms with Gasteiger partial charge >= 0.3 is 5.97 Å². The van der Waals surface area contributed by atoms with E-state index in [1.165, 1.54) is 18.2 Å². The van der Waals surface area contributed by atoms with Crippen LogP contribution in [0.2, 0.25) is 0 Å². The molecule has 1 aliphatic rings. The molecule has 0 unspecified atom stereocenters. The lowest BCUT2D eigenvalue weighted by atomic mass is 9.72. The number of aromatic nitrogens is 2. The van der Waals surface area contributed by atoms with Crippen LogP contribution >= 0.6 is 0 Å². The fourth-order valence-corrected chi connectivity index (χ4v) is 3.61. The van der Waals surface area contributed by atoms with Gasteiger partial charge in [0.2, 0.25) is 0 Å². The molecule has 0 amide bonds. The monoisotopic (exact) mass is 296 g/mol. The molecule has 0 spiro atoms. The minimum Gasteiger partial charge on any atom is -0.469 e. The van der Waals surface area contributed by atoms with E-state index < -0.39 is 0 Å². The third kappa shape index (κ3) is 2.19. The Kier molecular flexibility index (Phi) is 3.92. The van der Waals surface area contributed by atoms with Crippen molar-refractivity contribution >= 4 is 5.97 Å². The minimum atomic E-state index is -0.184. The number of rotatable bonds is 5. The zero-order valence-corrected chi connectivity index (χ0v) is 13.0. The standard InChI is InChI=1S/C18H20N2O2/c1-3-9-18(10-8-15(21)22-2)13-6-4-11-19-16(13)17-14(18)7-5-12-20-17/h4-7,11-12H,3,8-10H2,1-2H3. The van der Waals surface area contributed by atoms with Gasteiger partial charge in [-0.25, -0.2) is 0 Å². The number of methoxy groups -OCH3 is 1. The third-order valence-electron chi connectivity index (χ3n) is 4.53. The van der Waals surface area contributed by atoms with Gasteiger partial charge in [0.25, 0.3) is 0 Å². The van der Waals surface area contributed by atoms with Crippen LogP contribution in [0, 0.1) is 0 Å². The van der Waals surface area contributed by atoms with E-state index in [4.69, 9.17) is 4.74 Å². The number of carbonyl (C=O) groups excluding carboxylic acids is 1. The number of pyridine rings is 2. The van der Waals surface area contributed by atoms with E-state index in [0.717, 1.165) is 30.7 Å². The molecular formula is C18H20N2O2. The van der Waals surface area contributed by atoms with Crippen LogP contribution in [0.25, 0.3) is 11.4 Å². The summed E-state index contributed by atoms with van der Waals surface area (Å²) >= 11 is 0. The number of hydrogen-bond donors (Lipinski definition) is 0. The van der Waals surface area contributed by atoms with E-state index in [1.807, 2.05) is 12.1 Å². The van der Waals surface area contributed by atoms with Gasteiger partial charge < -0.3 is 4.74 Å². The molecule has 2 heterocycles. The Morgan fingerprint density at radius 2 is 1.68 bits per heavy atom. The molecule has 3 rings (SSSR count). The topological polar surface area (TPSA) is 52.1 Å². The molecule has 0 aromatic carbocycles. The van der Waals surface area contributed by atoms with Crippen molar-refractivity contribution in [2.75, 3.05) is 7.11 Å². The van der Waals surface area contributed by atoms with Gasteiger partial charge in [0, 0.05) is 24.2 Å². The van der Waals surface area contributed by atoms with Crippen molar-refractivity contribution < 1.29 is 9.53 Å². The zero-order chi connectivity index (χ0) is 15.6. The van der Waals surface area contributed by atoms with Gasteiger partial charge in [0.05, 0.1) is 18.5 Å². The van der Waals surface area contributed by atoms with Crippen LogP contribution in [-0.4, -0.2) is 23.0 Å². The second-order valence-electron chi connectivity index (χ2n) is 5.71. The summed E-state index contributed by atoms with van der Waals surface area (Å²) in [5.41, 5.74) is 4.10. The first-order valence-electron chi connectivity index (χ1n) is 7.71. The molecule has 114 valence electrons. The first-order valence-corrected chi connectivity index (χ1v) is 7.71. The molecule has 4 heteroatoms. The number of carbonyl (C=O) groups is 1. The molecule has 0 bridgehead atoms. The Labute approximate surface area is 130 Å². The van der Waals surface area contributed by atoms with Crippen LogP contribution in [0.3, 0.4) is 0 Å². The van der Waals surface area contributed by atoms with Gasteiger partial charge in [0.1, 0.15) is 0 Å². The Balaban J connectivity index is 2.13. The molecule has 0 fully saturated rings. The maximum Gasteiger partial charge on any atom is 0.305 e. The minimum absolute atomic E-state index is 0.168. The Morgan fingerprint density at radius 3 is 2.18 bits per heavy atom. The van der Waals surface area contributed by atoms with Crippen molar-refractivity contribution in [1.82, 2.24) is 9.97 Å². The summed E-state index contributed by atoms with van der Waals surface area (Å²) in [6, 6.07) is 8.18. The van der Waals surface area contributed by atoms with Crippen molar-refractivity contribution in [2.45, 2.75) is 38.0 Å². The largest absolute Gasteiger partial charge is 0.469 e. The summed E-state index contributed by atoms with van der Waals surface area (Å²) in [5.74, 6) is -0.168.